The quantitative estimate of drug-likeness (QED) is 0.831. The second kappa shape index (κ2) is 5.41. The Kier molecular flexibility index (Phi) is 3.59. The molecule has 1 aromatic carbocycles. The SMILES string of the molecule is CC1CC(NC(=O)c2cc3cc(N)ccc3o2)CCN1C. The highest BCUT2D eigenvalue weighted by Crippen LogP contribution is 2.22. The molecule has 1 aliphatic heterocycles. The number of benzene rings is 1. The molecule has 0 spiro atoms. The van der Waals surface area contributed by atoms with E-state index in [0.29, 0.717) is 23.1 Å². The van der Waals surface area contributed by atoms with E-state index in [4.69, 9.17) is 10.2 Å². The molecule has 2 aromatic rings. The van der Waals surface area contributed by atoms with Crippen molar-refractivity contribution < 1.29 is 9.21 Å². The Labute approximate surface area is 124 Å². The van der Waals surface area contributed by atoms with Gasteiger partial charge in [-0.05, 0) is 51.1 Å². The van der Waals surface area contributed by atoms with Crippen LogP contribution in [0.15, 0.2) is 28.7 Å². The van der Waals surface area contributed by atoms with Crippen LogP contribution < -0.4 is 11.1 Å². The van der Waals surface area contributed by atoms with Crippen LogP contribution >= 0.6 is 0 Å². The summed E-state index contributed by atoms with van der Waals surface area (Å²) in [6.07, 6.45) is 1.94. The van der Waals surface area contributed by atoms with Crippen molar-refractivity contribution in [2.75, 3.05) is 19.3 Å². The molecule has 3 N–H and O–H groups in total. The number of hydrogen-bond donors (Lipinski definition) is 2. The van der Waals surface area contributed by atoms with Crippen molar-refractivity contribution in [2.24, 2.45) is 0 Å². The van der Waals surface area contributed by atoms with Gasteiger partial charge in [-0.2, -0.15) is 0 Å². The van der Waals surface area contributed by atoms with E-state index in [0.717, 1.165) is 24.8 Å². The number of rotatable bonds is 2. The zero-order valence-corrected chi connectivity index (χ0v) is 12.4. The van der Waals surface area contributed by atoms with Gasteiger partial charge in [0.05, 0.1) is 0 Å². The van der Waals surface area contributed by atoms with E-state index in [9.17, 15) is 4.79 Å². The molecule has 0 aliphatic carbocycles. The van der Waals surface area contributed by atoms with Crippen LogP contribution in [0.1, 0.15) is 30.3 Å². The third-order valence-electron chi connectivity index (χ3n) is 4.31. The lowest BCUT2D eigenvalue weighted by atomic mass is 9.99. The van der Waals surface area contributed by atoms with Crippen LogP contribution in [0.2, 0.25) is 0 Å². The minimum absolute atomic E-state index is 0.147. The van der Waals surface area contributed by atoms with Crippen molar-refractivity contribution in [3.63, 3.8) is 0 Å². The van der Waals surface area contributed by atoms with Crippen LogP contribution in [-0.2, 0) is 0 Å². The molecule has 1 saturated heterocycles. The molecule has 0 saturated carbocycles. The number of carbonyl (C=O) groups is 1. The number of nitrogens with one attached hydrogen (secondary N) is 1. The molecular weight excluding hydrogens is 266 g/mol. The van der Waals surface area contributed by atoms with Gasteiger partial charge in [-0.3, -0.25) is 4.79 Å². The number of piperidine rings is 1. The van der Waals surface area contributed by atoms with Crippen LogP contribution in [0, 0.1) is 0 Å². The van der Waals surface area contributed by atoms with E-state index in [-0.39, 0.29) is 11.9 Å². The minimum Gasteiger partial charge on any atom is -0.451 e. The van der Waals surface area contributed by atoms with E-state index in [2.05, 4.69) is 24.2 Å². The van der Waals surface area contributed by atoms with Gasteiger partial charge in [-0.25, -0.2) is 0 Å². The summed E-state index contributed by atoms with van der Waals surface area (Å²) < 4.78 is 5.60. The number of likely N-dealkylation sites (tertiary alicyclic amines) is 1. The first kappa shape index (κ1) is 13.9. The second-order valence-electron chi connectivity index (χ2n) is 5.93. The Bertz CT molecular complexity index is 665. The number of fused-ring (bicyclic) bond motifs is 1. The molecule has 0 bridgehead atoms. The van der Waals surface area contributed by atoms with Crippen molar-refractivity contribution in [2.45, 2.75) is 31.8 Å². The largest absolute Gasteiger partial charge is 0.451 e. The molecule has 3 rings (SSSR count). The molecule has 2 atom stereocenters. The maximum atomic E-state index is 12.3. The van der Waals surface area contributed by atoms with Crippen molar-refractivity contribution in [3.05, 3.63) is 30.0 Å². The van der Waals surface area contributed by atoms with Crippen molar-refractivity contribution in [1.82, 2.24) is 10.2 Å². The summed E-state index contributed by atoms with van der Waals surface area (Å²) in [5, 5.41) is 3.93. The highest BCUT2D eigenvalue weighted by Gasteiger charge is 2.25. The zero-order valence-electron chi connectivity index (χ0n) is 12.4. The number of nitrogens with zero attached hydrogens (tertiary/aromatic N) is 1. The topological polar surface area (TPSA) is 71.5 Å². The van der Waals surface area contributed by atoms with Crippen molar-refractivity contribution in [3.8, 4) is 0 Å². The Morgan fingerprint density at radius 1 is 1.43 bits per heavy atom. The summed E-state index contributed by atoms with van der Waals surface area (Å²) in [7, 11) is 2.12. The fourth-order valence-corrected chi connectivity index (χ4v) is 2.85. The van der Waals surface area contributed by atoms with Gasteiger partial charge in [0.2, 0.25) is 0 Å². The van der Waals surface area contributed by atoms with Gasteiger partial charge in [0.15, 0.2) is 5.76 Å². The highest BCUT2D eigenvalue weighted by molar-refractivity contribution is 5.96. The average molecular weight is 287 g/mol. The molecule has 0 radical (unpaired) electrons. The lowest BCUT2D eigenvalue weighted by Crippen LogP contribution is -2.47. The van der Waals surface area contributed by atoms with E-state index < -0.39 is 0 Å². The number of hydrogen-bond acceptors (Lipinski definition) is 4. The fraction of sp³-hybridized carbons (Fsp3) is 0.438. The molecule has 21 heavy (non-hydrogen) atoms. The van der Waals surface area contributed by atoms with E-state index in [1.165, 1.54) is 0 Å². The first-order valence-corrected chi connectivity index (χ1v) is 7.33. The number of furan rings is 1. The smallest absolute Gasteiger partial charge is 0.287 e. The first-order valence-electron chi connectivity index (χ1n) is 7.33. The zero-order chi connectivity index (χ0) is 15.0. The Morgan fingerprint density at radius 2 is 2.24 bits per heavy atom. The first-order chi connectivity index (χ1) is 10.0. The Hall–Kier alpha value is -2.01. The summed E-state index contributed by atoms with van der Waals surface area (Å²) >= 11 is 0. The Balaban J connectivity index is 1.72. The summed E-state index contributed by atoms with van der Waals surface area (Å²) in [5.74, 6) is 0.203. The summed E-state index contributed by atoms with van der Waals surface area (Å²) in [6.45, 7) is 3.19. The maximum Gasteiger partial charge on any atom is 0.287 e. The van der Waals surface area contributed by atoms with Gasteiger partial charge in [0.25, 0.3) is 5.91 Å². The van der Waals surface area contributed by atoms with Crippen LogP contribution in [0.4, 0.5) is 5.69 Å². The van der Waals surface area contributed by atoms with E-state index >= 15 is 0 Å². The minimum atomic E-state index is -0.147. The molecule has 1 fully saturated rings. The van der Waals surface area contributed by atoms with E-state index in [1.807, 2.05) is 6.07 Å². The van der Waals surface area contributed by atoms with Gasteiger partial charge in [-0.15, -0.1) is 0 Å². The molecule has 2 heterocycles. The molecule has 2 unspecified atom stereocenters. The normalized spacial score (nSPS) is 23.3. The van der Waals surface area contributed by atoms with Crippen molar-refractivity contribution in [1.29, 1.82) is 0 Å². The number of carbonyl (C=O) groups excluding carboxylic acids is 1. The molecule has 1 amide bonds. The van der Waals surface area contributed by atoms with Crippen LogP contribution in [-0.4, -0.2) is 36.5 Å². The van der Waals surface area contributed by atoms with Gasteiger partial charge < -0.3 is 20.4 Å². The third kappa shape index (κ3) is 2.88. The number of nitrogens with two attached hydrogens (primary N) is 1. The van der Waals surface area contributed by atoms with E-state index in [1.54, 1.807) is 18.2 Å². The van der Waals surface area contributed by atoms with Crippen molar-refractivity contribution >= 4 is 22.6 Å². The van der Waals surface area contributed by atoms with Crippen LogP contribution in [0.3, 0.4) is 0 Å². The molecular formula is C16H21N3O2. The lowest BCUT2D eigenvalue weighted by molar-refractivity contribution is 0.0871. The Morgan fingerprint density at radius 3 is 3.00 bits per heavy atom. The third-order valence-corrected chi connectivity index (χ3v) is 4.31. The monoisotopic (exact) mass is 287 g/mol. The maximum absolute atomic E-state index is 12.3. The van der Waals surface area contributed by atoms with Crippen LogP contribution in [0.5, 0.6) is 0 Å². The number of amides is 1. The molecule has 1 aromatic heterocycles. The molecule has 5 nitrogen and oxygen atoms in total. The fourth-order valence-electron chi connectivity index (χ4n) is 2.85. The predicted molar refractivity (Wildman–Crippen MR) is 83.2 cm³/mol. The predicted octanol–water partition coefficient (Wildman–Crippen LogP) is 2.23. The number of nitrogen functional groups attached to an aromatic ring is 1. The number of anilines is 1. The van der Waals surface area contributed by atoms with Gasteiger partial charge >= 0.3 is 0 Å². The molecule has 112 valence electrons. The second-order valence-corrected chi connectivity index (χ2v) is 5.93. The summed E-state index contributed by atoms with van der Waals surface area (Å²) in [5.41, 5.74) is 7.09. The standard InChI is InChI=1S/C16H21N3O2/c1-10-7-13(5-6-19(10)2)18-16(20)15-9-11-8-12(17)3-4-14(11)21-15/h3-4,8-10,13H,5-7,17H2,1-2H3,(H,18,20). The average Bonchev–Trinajstić information content (AvgIpc) is 2.86. The molecule has 5 heteroatoms. The van der Waals surface area contributed by atoms with Crippen LogP contribution in [0.25, 0.3) is 11.0 Å². The molecule has 1 aliphatic rings. The van der Waals surface area contributed by atoms with Gasteiger partial charge in [0.1, 0.15) is 5.58 Å². The summed E-state index contributed by atoms with van der Waals surface area (Å²) in [6, 6.07) is 7.82. The van der Waals surface area contributed by atoms with Gasteiger partial charge in [0, 0.05) is 29.7 Å². The lowest BCUT2D eigenvalue weighted by Gasteiger charge is -2.35. The highest BCUT2D eigenvalue weighted by atomic mass is 16.3. The van der Waals surface area contributed by atoms with Gasteiger partial charge in [-0.1, -0.05) is 0 Å². The summed E-state index contributed by atoms with van der Waals surface area (Å²) in [4.78, 5) is 14.6.